The van der Waals surface area contributed by atoms with E-state index in [0.717, 1.165) is 18.6 Å². The van der Waals surface area contributed by atoms with Crippen molar-refractivity contribution in [3.8, 4) is 17.2 Å². The average molecular weight is 771 g/mol. The Morgan fingerprint density at radius 2 is 1.62 bits per heavy atom. The van der Waals surface area contributed by atoms with E-state index in [1.807, 2.05) is 6.07 Å². The molecule has 0 saturated carbocycles. The van der Waals surface area contributed by atoms with Gasteiger partial charge in [0.15, 0.2) is 17.7 Å². The zero-order valence-electron chi connectivity index (χ0n) is 30.4. The number of nitrogens with two attached hydrogens (primary N) is 2. The number of phenolic OH excluding ortho intramolecular Hbond substituents is 1. The molecule has 1 aliphatic carbocycles. The Morgan fingerprint density at radius 3 is 2.30 bits per heavy atom. The van der Waals surface area contributed by atoms with Gasteiger partial charge in [-0.2, -0.15) is 0 Å². The van der Waals surface area contributed by atoms with Crippen molar-refractivity contribution >= 4 is 29.7 Å². The highest BCUT2D eigenvalue weighted by atomic mass is 16.7. The van der Waals surface area contributed by atoms with Crippen LogP contribution in [0.15, 0.2) is 60.7 Å². The smallest absolute Gasteiger partial charge is 0.308 e. The number of aromatic hydroxyl groups is 1. The van der Waals surface area contributed by atoms with Crippen molar-refractivity contribution in [1.82, 2.24) is 0 Å². The van der Waals surface area contributed by atoms with Crippen LogP contribution in [0.3, 0.4) is 0 Å². The maximum Gasteiger partial charge on any atom is 0.308 e. The molecule has 0 radical (unpaired) electrons. The SMILES string of the molecule is CC(=O)Oc1cc(CO)c2c(c1C=Cc1cccc(CCO)c1)C(=O)c1cc(O[C@H]3O[C@H](C)[C@@H](O)C(O)(O)[C@H]3O)c(Cc3cccc(C(N)N)c3)c(O)c1C2=O. The second-order valence-corrected chi connectivity index (χ2v) is 13.7. The summed E-state index contributed by atoms with van der Waals surface area (Å²) in [4.78, 5) is 41.6. The molecular weight excluding hydrogens is 728 g/mol. The van der Waals surface area contributed by atoms with Gasteiger partial charge in [-0.1, -0.05) is 54.6 Å². The molecule has 2 aliphatic rings. The van der Waals surface area contributed by atoms with Crippen LogP contribution in [0.4, 0.5) is 0 Å². The lowest BCUT2D eigenvalue weighted by Crippen LogP contribution is -2.67. The number of rotatable bonds is 11. The molecule has 0 spiro atoms. The number of carbonyl (C=O) groups is 3. The van der Waals surface area contributed by atoms with Gasteiger partial charge >= 0.3 is 5.97 Å². The second kappa shape index (κ2) is 16.0. The third-order valence-electron chi connectivity index (χ3n) is 9.80. The number of benzene rings is 4. The second-order valence-electron chi connectivity index (χ2n) is 13.7. The zero-order valence-corrected chi connectivity index (χ0v) is 30.4. The first-order valence-electron chi connectivity index (χ1n) is 17.7. The molecule has 56 heavy (non-hydrogen) atoms. The van der Waals surface area contributed by atoms with Crippen molar-refractivity contribution < 1.29 is 64.3 Å². The first-order chi connectivity index (χ1) is 26.6. The van der Waals surface area contributed by atoms with Crippen molar-refractivity contribution in [3.63, 3.8) is 0 Å². The standard InChI is InChI=1S/C41H42N2O13/c1-19-37(50)41(52,53)38(51)40(54-19)56-30-17-28-33(34(47)27(30)15-23-7-4-8-24(14-23)39(42)43)36(49)31-25(18-45)16-29(55-20(2)46)26(32(31)35(28)48)10-9-21-5-3-6-22(13-21)11-12-44/h3-10,13-14,16-17,19,37-40,44-45,47,50-53H,11-12,15,18,42-43H2,1-2H3/t19-,37-,38+,40-/m1/s1. The molecule has 15 nitrogen and oxygen atoms in total. The Bertz CT molecular complexity index is 2230. The molecule has 294 valence electrons. The molecule has 15 heteroatoms. The monoisotopic (exact) mass is 770 g/mol. The van der Waals surface area contributed by atoms with Gasteiger partial charge < -0.3 is 61.4 Å². The fraction of sp³-hybridized carbons (Fsp3) is 0.293. The van der Waals surface area contributed by atoms with Crippen LogP contribution in [0.2, 0.25) is 0 Å². The number of hydrogen-bond acceptors (Lipinski definition) is 15. The Labute approximate surface area is 320 Å². The van der Waals surface area contributed by atoms with Crippen molar-refractivity contribution in [3.05, 3.63) is 122 Å². The first kappa shape index (κ1) is 40.3. The predicted octanol–water partition coefficient (Wildman–Crippen LogP) is 1.32. The summed E-state index contributed by atoms with van der Waals surface area (Å²) >= 11 is 0. The maximum atomic E-state index is 14.8. The topological polar surface area (TPSA) is 273 Å². The Hall–Kier alpha value is -5.33. The van der Waals surface area contributed by atoms with E-state index < -0.39 is 72.0 Å². The van der Waals surface area contributed by atoms with Crippen LogP contribution in [0.1, 0.15) is 90.8 Å². The normalized spacial score (nSPS) is 20.3. The molecule has 1 saturated heterocycles. The fourth-order valence-electron chi connectivity index (χ4n) is 6.96. The third-order valence-corrected chi connectivity index (χ3v) is 9.80. The van der Waals surface area contributed by atoms with E-state index in [1.165, 1.54) is 19.1 Å². The lowest BCUT2D eigenvalue weighted by molar-refractivity contribution is -0.371. The predicted molar refractivity (Wildman–Crippen MR) is 199 cm³/mol. The lowest BCUT2D eigenvalue weighted by atomic mass is 9.77. The number of aliphatic hydroxyl groups excluding tert-OH is 4. The molecule has 4 aromatic rings. The van der Waals surface area contributed by atoms with E-state index >= 15 is 0 Å². The molecule has 1 fully saturated rings. The van der Waals surface area contributed by atoms with Crippen LogP contribution in [0.5, 0.6) is 17.2 Å². The van der Waals surface area contributed by atoms with Gasteiger partial charge in [-0.25, -0.2) is 0 Å². The minimum atomic E-state index is -3.10. The van der Waals surface area contributed by atoms with Gasteiger partial charge in [0.05, 0.1) is 24.4 Å². The molecule has 4 atom stereocenters. The van der Waals surface area contributed by atoms with Crippen molar-refractivity contribution in [1.29, 1.82) is 0 Å². The molecule has 0 unspecified atom stereocenters. The van der Waals surface area contributed by atoms with Gasteiger partial charge in [0.2, 0.25) is 12.1 Å². The van der Waals surface area contributed by atoms with Gasteiger partial charge in [-0.3, -0.25) is 14.4 Å². The average Bonchev–Trinajstić information content (AvgIpc) is 3.15. The highest BCUT2D eigenvalue weighted by molar-refractivity contribution is 6.31. The molecule has 0 amide bonds. The number of hydrogen-bond donors (Lipinski definition) is 9. The Balaban J connectivity index is 1.56. The van der Waals surface area contributed by atoms with E-state index in [-0.39, 0.29) is 57.9 Å². The summed E-state index contributed by atoms with van der Waals surface area (Å²) in [6.45, 7) is 1.60. The molecule has 11 N–H and O–H groups in total. The number of ketones is 2. The van der Waals surface area contributed by atoms with Gasteiger partial charge in [0.25, 0.3) is 0 Å². The van der Waals surface area contributed by atoms with Gasteiger partial charge in [-0.05, 0) is 59.4 Å². The van der Waals surface area contributed by atoms with E-state index in [4.69, 9.17) is 25.7 Å². The highest BCUT2D eigenvalue weighted by Gasteiger charge is 2.54. The van der Waals surface area contributed by atoms with Gasteiger partial charge in [0.1, 0.15) is 23.4 Å². The minimum Gasteiger partial charge on any atom is -0.507 e. The molecular formula is C41H42N2O13. The molecule has 1 aliphatic heterocycles. The summed E-state index contributed by atoms with van der Waals surface area (Å²) in [6, 6.07) is 16.2. The fourth-order valence-corrected chi connectivity index (χ4v) is 6.96. The minimum absolute atomic E-state index is 0.00382. The van der Waals surface area contributed by atoms with Crippen LogP contribution >= 0.6 is 0 Å². The lowest BCUT2D eigenvalue weighted by Gasteiger charge is -2.44. The number of fused-ring (bicyclic) bond motifs is 2. The van der Waals surface area contributed by atoms with Gasteiger partial charge in [-0.15, -0.1) is 0 Å². The summed E-state index contributed by atoms with van der Waals surface area (Å²) in [5.41, 5.74) is 12.8. The molecule has 4 aromatic carbocycles. The first-order valence-corrected chi connectivity index (χ1v) is 17.7. The van der Waals surface area contributed by atoms with Crippen molar-refractivity contribution in [2.45, 2.75) is 69.9 Å². The summed E-state index contributed by atoms with van der Waals surface area (Å²) in [6.07, 6.45) is -4.93. The van der Waals surface area contributed by atoms with Crippen molar-refractivity contribution in [2.24, 2.45) is 11.5 Å². The van der Waals surface area contributed by atoms with Crippen molar-refractivity contribution in [2.75, 3.05) is 6.61 Å². The number of ether oxygens (including phenoxy) is 3. The molecule has 0 bridgehead atoms. The summed E-state index contributed by atoms with van der Waals surface area (Å²) in [7, 11) is 0. The summed E-state index contributed by atoms with van der Waals surface area (Å²) < 4.78 is 17.1. The number of esters is 1. The van der Waals surface area contributed by atoms with Gasteiger partial charge in [0, 0.05) is 47.8 Å². The van der Waals surface area contributed by atoms with E-state index in [1.54, 1.807) is 48.5 Å². The van der Waals surface area contributed by atoms with Crippen LogP contribution in [-0.2, 0) is 29.0 Å². The molecule has 6 rings (SSSR count). The van der Waals surface area contributed by atoms with E-state index in [2.05, 4.69) is 0 Å². The van der Waals surface area contributed by atoms with E-state index in [9.17, 15) is 50.1 Å². The summed E-state index contributed by atoms with van der Waals surface area (Å²) in [5.74, 6) is -6.71. The highest BCUT2D eigenvalue weighted by Crippen LogP contribution is 2.45. The zero-order chi connectivity index (χ0) is 40.6. The molecule has 1 heterocycles. The summed E-state index contributed by atoms with van der Waals surface area (Å²) in [5, 5.41) is 74.1. The largest absolute Gasteiger partial charge is 0.507 e. The van der Waals surface area contributed by atoms with E-state index in [0.29, 0.717) is 23.1 Å². The number of carbonyl (C=O) groups excluding carboxylic acids is 3. The Kier molecular flexibility index (Phi) is 11.5. The van der Waals surface area contributed by atoms with Crippen LogP contribution in [-0.4, -0.2) is 90.3 Å². The molecule has 0 aromatic heterocycles. The van der Waals surface area contributed by atoms with Crippen LogP contribution in [0, 0.1) is 0 Å². The Morgan fingerprint density at radius 1 is 0.911 bits per heavy atom. The third kappa shape index (κ3) is 7.60. The van der Waals surface area contributed by atoms with Crippen LogP contribution in [0.25, 0.3) is 12.2 Å². The number of phenols is 1. The quantitative estimate of drug-likeness (QED) is 0.0397. The van der Waals surface area contributed by atoms with Crippen LogP contribution < -0.4 is 20.9 Å². The maximum absolute atomic E-state index is 14.8. The number of aliphatic hydroxyl groups is 6.